The minimum atomic E-state index is -0.867. The van der Waals surface area contributed by atoms with Crippen LogP contribution in [-0.2, 0) is 4.79 Å². The van der Waals surface area contributed by atoms with Crippen LogP contribution in [0.4, 0.5) is 0 Å². The first-order valence-corrected chi connectivity index (χ1v) is 7.82. The molecule has 0 aliphatic heterocycles. The highest BCUT2D eigenvalue weighted by molar-refractivity contribution is 8.00. The SMILES string of the molecule is O=C(O)CSc1c2ccc(Cl)cc2nc2c(Cl)cccc12. The predicted molar refractivity (Wildman–Crippen MR) is 87.6 cm³/mol. The van der Waals surface area contributed by atoms with Crippen LogP contribution >= 0.6 is 35.0 Å². The van der Waals surface area contributed by atoms with Gasteiger partial charge in [0.2, 0.25) is 0 Å². The van der Waals surface area contributed by atoms with Crippen LogP contribution in [0.3, 0.4) is 0 Å². The summed E-state index contributed by atoms with van der Waals surface area (Å²) in [7, 11) is 0. The zero-order chi connectivity index (χ0) is 15.0. The number of carboxylic acids is 1. The topological polar surface area (TPSA) is 50.2 Å². The van der Waals surface area contributed by atoms with E-state index in [1.165, 1.54) is 11.8 Å². The van der Waals surface area contributed by atoms with Crippen LogP contribution in [0.5, 0.6) is 0 Å². The summed E-state index contributed by atoms with van der Waals surface area (Å²) in [6.07, 6.45) is 0. The van der Waals surface area contributed by atoms with Crippen LogP contribution in [0, 0.1) is 0 Å². The molecule has 0 saturated carbocycles. The third-order valence-electron chi connectivity index (χ3n) is 3.01. The number of para-hydroxylation sites is 1. The quantitative estimate of drug-likeness (QED) is 0.547. The Morgan fingerprint density at radius 2 is 2.00 bits per heavy atom. The van der Waals surface area contributed by atoms with E-state index in [0.29, 0.717) is 21.1 Å². The summed E-state index contributed by atoms with van der Waals surface area (Å²) in [5.41, 5.74) is 1.36. The van der Waals surface area contributed by atoms with Crippen LogP contribution in [0.1, 0.15) is 0 Å². The molecule has 0 fully saturated rings. The number of aromatic nitrogens is 1. The van der Waals surface area contributed by atoms with E-state index in [0.717, 1.165) is 15.7 Å². The lowest BCUT2D eigenvalue weighted by Gasteiger charge is -2.10. The first-order valence-electron chi connectivity index (χ1n) is 6.08. The second kappa shape index (κ2) is 5.72. The zero-order valence-electron chi connectivity index (χ0n) is 10.6. The number of nitrogens with zero attached hydrogens (tertiary/aromatic N) is 1. The van der Waals surface area contributed by atoms with Gasteiger partial charge in [-0.2, -0.15) is 0 Å². The summed E-state index contributed by atoms with van der Waals surface area (Å²) in [6, 6.07) is 10.9. The minimum absolute atomic E-state index is 0.0245. The Hall–Kier alpha value is -1.49. The Labute approximate surface area is 134 Å². The number of rotatable bonds is 3. The van der Waals surface area contributed by atoms with E-state index in [4.69, 9.17) is 28.3 Å². The fraction of sp³-hybridized carbons (Fsp3) is 0.0667. The van der Waals surface area contributed by atoms with Gasteiger partial charge in [0.05, 0.1) is 21.8 Å². The highest BCUT2D eigenvalue weighted by atomic mass is 35.5. The lowest BCUT2D eigenvalue weighted by atomic mass is 10.1. The smallest absolute Gasteiger partial charge is 0.313 e. The molecule has 0 spiro atoms. The molecular formula is C15H9Cl2NO2S. The lowest BCUT2D eigenvalue weighted by Crippen LogP contribution is -1.98. The van der Waals surface area contributed by atoms with Gasteiger partial charge in [0.1, 0.15) is 0 Å². The van der Waals surface area contributed by atoms with Gasteiger partial charge in [-0.3, -0.25) is 4.79 Å². The van der Waals surface area contributed by atoms with Gasteiger partial charge in [-0.1, -0.05) is 41.4 Å². The van der Waals surface area contributed by atoms with Crippen molar-refractivity contribution in [2.45, 2.75) is 4.90 Å². The second-order valence-electron chi connectivity index (χ2n) is 4.42. The number of pyridine rings is 1. The third-order valence-corrected chi connectivity index (χ3v) is 4.67. The first kappa shape index (κ1) is 14.4. The minimum Gasteiger partial charge on any atom is -0.481 e. The van der Waals surface area contributed by atoms with E-state index in [-0.39, 0.29) is 5.75 Å². The van der Waals surface area contributed by atoms with Crippen molar-refractivity contribution in [1.82, 2.24) is 4.98 Å². The molecule has 1 N–H and O–H groups in total. The Morgan fingerprint density at radius 3 is 2.76 bits per heavy atom. The van der Waals surface area contributed by atoms with Gasteiger partial charge in [-0.05, 0) is 18.2 Å². The fourth-order valence-electron chi connectivity index (χ4n) is 2.16. The standard InChI is InChI=1S/C15H9Cl2NO2S/c16-8-4-5-9-12(6-8)18-14-10(2-1-3-11(14)17)15(9)21-7-13(19)20/h1-6H,7H2,(H,19,20). The molecule has 21 heavy (non-hydrogen) atoms. The number of benzene rings is 2. The molecule has 2 aromatic carbocycles. The molecule has 0 saturated heterocycles. The van der Waals surface area contributed by atoms with E-state index in [9.17, 15) is 4.79 Å². The van der Waals surface area contributed by atoms with Crippen LogP contribution in [-0.4, -0.2) is 21.8 Å². The molecule has 3 aromatic rings. The van der Waals surface area contributed by atoms with Gasteiger partial charge in [0, 0.05) is 20.7 Å². The van der Waals surface area contributed by atoms with E-state index in [1.54, 1.807) is 18.2 Å². The number of aliphatic carboxylic acids is 1. The molecule has 106 valence electrons. The van der Waals surface area contributed by atoms with E-state index >= 15 is 0 Å². The van der Waals surface area contributed by atoms with Crippen molar-refractivity contribution in [1.29, 1.82) is 0 Å². The van der Waals surface area contributed by atoms with E-state index < -0.39 is 5.97 Å². The lowest BCUT2D eigenvalue weighted by molar-refractivity contribution is -0.133. The van der Waals surface area contributed by atoms with Gasteiger partial charge in [-0.15, -0.1) is 11.8 Å². The number of fused-ring (bicyclic) bond motifs is 2. The average molecular weight is 338 g/mol. The summed E-state index contributed by atoms with van der Waals surface area (Å²) in [6.45, 7) is 0. The number of hydrogen-bond acceptors (Lipinski definition) is 3. The molecule has 0 amide bonds. The first-order chi connectivity index (χ1) is 10.1. The van der Waals surface area contributed by atoms with Crippen molar-refractivity contribution in [3.8, 4) is 0 Å². The fourth-order valence-corrected chi connectivity index (χ4v) is 3.46. The van der Waals surface area contributed by atoms with E-state index in [2.05, 4.69) is 4.98 Å². The molecule has 6 heteroatoms. The number of carbonyl (C=O) groups is 1. The van der Waals surface area contributed by atoms with Crippen LogP contribution in [0.2, 0.25) is 10.0 Å². The summed E-state index contributed by atoms with van der Waals surface area (Å²) >= 11 is 13.5. The highest BCUT2D eigenvalue weighted by Crippen LogP contribution is 2.37. The molecule has 0 aliphatic rings. The molecule has 0 atom stereocenters. The number of hydrogen-bond donors (Lipinski definition) is 1. The van der Waals surface area contributed by atoms with E-state index in [1.807, 2.05) is 18.2 Å². The van der Waals surface area contributed by atoms with Gasteiger partial charge < -0.3 is 5.11 Å². The molecule has 3 rings (SSSR count). The maximum atomic E-state index is 10.9. The van der Waals surface area contributed by atoms with Gasteiger partial charge in [0.15, 0.2) is 0 Å². The predicted octanol–water partition coefficient (Wildman–Crippen LogP) is 4.87. The molecule has 1 heterocycles. The van der Waals surface area contributed by atoms with Crippen LogP contribution in [0.25, 0.3) is 21.8 Å². The summed E-state index contributed by atoms with van der Waals surface area (Å²) in [4.78, 5) is 16.3. The van der Waals surface area contributed by atoms with Crippen LogP contribution < -0.4 is 0 Å². The molecule has 3 nitrogen and oxygen atoms in total. The Bertz CT molecular complexity index is 867. The highest BCUT2D eigenvalue weighted by Gasteiger charge is 2.13. The maximum absolute atomic E-state index is 10.9. The summed E-state index contributed by atoms with van der Waals surface area (Å²) in [5.74, 6) is -0.891. The molecule has 0 unspecified atom stereocenters. The van der Waals surface area contributed by atoms with Crippen molar-refractivity contribution in [3.63, 3.8) is 0 Å². The number of halogens is 2. The van der Waals surface area contributed by atoms with Crippen molar-refractivity contribution < 1.29 is 9.90 Å². The van der Waals surface area contributed by atoms with Crippen molar-refractivity contribution in [2.24, 2.45) is 0 Å². The van der Waals surface area contributed by atoms with Crippen molar-refractivity contribution in [2.75, 3.05) is 5.75 Å². The number of carboxylic acid groups (broad SMARTS) is 1. The summed E-state index contributed by atoms with van der Waals surface area (Å²) < 4.78 is 0. The average Bonchev–Trinajstić information content (AvgIpc) is 2.44. The maximum Gasteiger partial charge on any atom is 0.313 e. The zero-order valence-corrected chi connectivity index (χ0v) is 13.0. The third kappa shape index (κ3) is 2.79. The second-order valence-corrected chi connectivity index (χ2v) is 6.25. The largest absolute Gasteiger partial charge is 0.481 e. The Kier molecular flexibility index (Phi) is 3.93. The molecule has 0 radical (unpaired) electrons. The molecular weight excluding hydrogens is 329 g/mol. The van der Waals surface area contributed by atoms with Crippen molar-refractivity contribution in [3.05, 3.63) is 46.4 Å². The molecule has 0 bridgehead atoms. The monoisotopic (exact) mass is 337 g/mol. The molecule has 0 aliphatic carbocycles. The van der Waals surface area contributed by atoms with Gasteiger partial charge >= 0.3 is 5.97 Å². The summed E-state index contributed by atoms with van der Waals surface area (Å²) in [5, 5.41) is 11.8. The Balaban J connectivity index is 2.35. The normalized spacial score (nSPS) is 11.1. The van der Waals surface area contributed by atoms with Gasteiger partial charge in [0.25, 0.3) is 0 Å². The van der Waals surface area contributed by atoms with Crippen LogP contribution in [0.15, 0.2) is 41.3 Å². The van der Waals surface area contributed by atoms with Gasteiger partial charge in [-0.25, -0.2) is 4.98 Å². The molecule has 1 aromatic heterocycles. The number of thioether (sulfide) groups is 1. The van der Waals surface area contributed by atoms with Crippen molar-refractivity contribution >= 4 is 62.7 Å². The Morgan fingerprint density at radius 1 is 1.19 bits per heavy atom.